The van der Waals surface area contributed by atoms with E-state index >= 15 is 0 Å². The maximum absolute atomic E-state index is 12.9. The zero-order valence-corrected chi connectivity index (χ0v) is 10.8. The van der Waals surface area contributed by atoms with Gasteiger partial charge in [0.05, 0.1) is 6.04 Å². The Balaban J connectivity index is 2.30. The van der Waals surface area contributed by atoms with Crippen molar-refractivity contribution < 1.29 is 9.18 Å². The molecule has 0 fully saturated rings. The van der Waals surface area contributed by atoms with E-state index in [1.54, 1.807) is 23.5 Å². The van der Waals surface area contributed by atoms with Crippen LogP contribution in [0.2, 0.25) is 0 Å². The number of carbonyl (C=O) groups excluding carboxylic acids is 1. The van der Waals surface area contributed by atoms with E-state index in [0.717, 1.165) is 10.4 Å². The number of hydrogen-bond donors (Lipinski definition) is 1. The first kappa shape index (κ1) is 12.8. The van der Waals surface area contributed by atoms with Crippen LogP contribution in [0.15, 0.2) is 41.8 Å². The molecule has 94 valence electrons. The third-order valence-corrected chi connectivity index (χ3v) is 3.59. The Morgan fingerprint density at radius 1 is 1.33 bits per heavy atom. The van der Waals surface area contributed by atoms with Gasteiger partial charge in [-0.1, -0.05) is 25.1 Å². The van der Waals surface area contributed by atoms with Crippen LogP contribution in [0.4, 0.5) is 4.39 Å². The van der Waals surface area contributed by atoms with Crippen LogP contribution in [0, 0.1) is 5.82 Å². The Labute approximate surface area is 109 Å². The molecule has 0 aliphatic heterocycles. The van der Waals surface area contributed by atoms with Crippen molar-refractivity contribution in [3.05, 3.63) is 58.0 Å². The molecule has 0 spiro atoms. The molecule has 0 unspecified atom stereocenters. The summed E-state index contributed by atoms with van der Waals surface area (Å²) in [5.74, 6) is -0.289. The summed E-state index contributed by atoms with van der Waals surface area (Å²) >= 11 is 1.57. The van der Waals surface area contributed by atoms with E-state index in [9.17, 15) is 9.18 Å². The molecule has 0 radical (unpaired) electrons. The van der Waals surface area contributed by atoms with Gasteiger partial charge in [0.1, 0.15) is 5.82 Å². The van der Waals surface area contributed by atoms with E-state index in [2.05, 4.69) is 5.32 Å². The molecule has 0 bridgehead atoms. The summed E-state index contributed by atoms with van der Waals surface area (Å²) < 4.78 is 12.9. The Bertz CT molecular complexity index is 507. The number of nitrogens with one attached hydrogen (secondary N) is 1. The van der Waals surface area contributed by atoms with Crippen molar-refractivity contribution in [3.8, 4) is 0 Å². The van der Waals surface area contributed by atoms with Crippen molar-refractivity contribution in [2.24, 2.45) is 0 Å². The summed E-state index contributed by atoms with van der Waals surface area (Å²) in [5, 5.41) is 4.92. The van der Waals surface area contributed by atoms with Gasteiger partial charge < -0.3 is 5.32 Å². The average molecular weight is 263 g/mol. The van der Waals surface area contributed by atoms with Crippen LogP contribution < -0.4 is 5.32 Å². The SMILES string of the molecule is CCC(=O)N[C@@H](c1ccc(F)cc1)c1cccs1. The summed E-state index contributed by atoms with van der Waals surface area (Å²) in [4.78, 5) is 12.6. The minimum Gasteiger partial charge on any atom is -0.344 e. The summed E-state index contributed by atoms with van der Waals surface area (Å²) in [6.45, 7) is 1.81. The predicted molar refractivity (Wildman–Crippen MR) is 71.0 cm³/mol. The molecule has 18 heavy (non-hydrogen) atoms. The molecular weight excluding hydrogens is 249 g/mol. The summed E-state index contributed by atoms with van der Waals surface area (Å²) in [6.07, 6.45) is 0.434. The van der Waals surface area contributed by atoms with Gasteiger partial charge in [-0.15, -0.1) is 11.3 Å². The molecule has 2 nitrogen and oxygen atoms in total. The molecule has 0 aliphatic rings. The van der Waals surface area contributed by atoms with Crippen molar-refractivity contribution in [2.75, 3.05) is 0 Å². The number of carbonyl (C=O) groups is 1. The lowest BCUT2D eigenvalue weighted by Crippen LogP contribution is -2.27. The van der Waals surface area contributed by atoms with Crippen LogP contribution in [0.5, 0.6) is 0 Å². The lowest BCUT2D eigenvalue weighted by atomic mass is 10.1. The molecule has 1 aromatic carbocycles. The number of benzene rings is 1. The van der Waals surface area contributed by atoms with E-state index in [1.807, 2.05) is 24.4 Å². The van der Waals surface area contributed by atoms with E-state index in [1.165, 1.54) is 12.1 Å². The van der Waals surface area contributed by atoms with Gasteiger partial charge in [0.25, 0.3) is 0 Å². The molecule has 0 aliphatic carbocycles. The van der Waals surface area contributed by atoms with Crippen LogP contribution in [0.3, 0.4) is 0 Å². The highest BCUT2D eigenvalue weighted by atomic mass is 32.1. The zero-order valence-electron chi connectivity index (χ0n) is 10.0. The number of rotatable bonds is 4. The second kappa shape index (κ2) is 5.78. The van der Waals surface area contributed by atoms with E-state index in [0.29, 0.717) is 6.42 Å². The van der Waals surface area contributed by atoms with E-state index in [-0.39, 0.29) is 17.8 Å². The number of hydrogen-bond acceptors (Lipinski definition) is 2. The van der Waals surface area contributed by atoms with Gasteiger partial charge in [-0.2, -0.15) is 0 Å². The smallest absolute Gasteiger partial charge is 0.220 e. The van der Waals surface area contributed by atoms with Gasteiger partial charge in [-0.05, 0) is 29.1 Å². The number of amides is 1. The minimum atomic E-state index is -0.273. The van der Waals surface area contributed by atoms with E-state index in [4.69, 9.17) is 0 Å². The molecule has 0 saturated heterocycles. The standard InChI is InChI=1S/C14H14FNOS/c1-2-13(17)16-14(12-4-3-9-18-12)10-5-7-11(15)8-6-10/h3-9,14H,2H2,1H3,(H,16,17)/t14-/m0/s1. The third kappa shape index (κ3) is 2.96. The van der Waals surface area contributed by atoms with Crippen LogP contribution in [0.25, 0.3) is 0 Å². The predicted octanol–water partition coefficient (Wildman–Crippen LogP) is 3.50. The molecular formula is C14H14FNOS. The highest BCUT2D eigenvalue weighted by Gasteiger charge is 2.16. The van der Waals surface area contributed by atoms with Crippen LogP contribution in [-0.2, 0) is 4.79 Å². The Morgan fingerprint density at radius 3 is 2.61 bits per heavy atom. The molecule has 1 amide bonds. The summed E-state index contributed by atoms with van der Waals surface area (Å²) in [5.41, 5.74) is 0.889. The van der Waals surface area contributed by atoms with Gasteiger partial charge in [-0.3, -0.25) is 4.79 Å². The molecule has 2 rings (SSSR count). The largest absolute Gasteiger partial charge is 0.344 e. The topological polar surface area (TPSA) is 29.1 Å². The van der Waals surface area contributed by atoms with E-state index < -0.39 is 0 Å². The summed E-state index contributed by atoms with van der Waals surface area (Å²) in [7, 11) is 0. The number of thiophene rings is 1. The van der Waals surface area contributed by atoms with Gasteiger partial charge in [0, 0.05) is 11.3 Å². The van der Waals surface area contributed by atoms with Crippen molar-refractivity contribution in [2.45, 2.75) is 19.4 Å². The summed E-state index contributed by atoms with van der Waals surface area (Å²) in [6, 6.07) is 9.94. The van der Waals surface area contributed by atoms with Gasteiger partial charge in [0.2, 0.25) is 5.91 Å². The molecule has 4 heteroatoms. The number of halogens is 1. The first-order chi connectivity index (χ1) is 8.70. The highest BCUT2D eigenvalue weighted by Crippen LogP contribution is 2.26. The first-order valence-electron chi connectivity index (χ1n) is 5.79. The lowest BCUT2D eigenvalue weighted by molar-refractivity contribution is -0.121. The van der Waals surface area contributed by atoms with Crippen molar-refractivity contribution in [1.82, 2.24) is 5.32 Å². The molecule has 2 aromatic rings. The Kier molecular flexibility index (Phi) is 4.10. The molecule has 1 heterocycles. The fourth-order valence-corrected chi connectivity index (χ4v) is 2.50. The monoisotopic (exact) mass is 263 g/mol. The van der Waals surface area contributed by atoms with Gasteiger partial charge in [-0.25, -0.2) is 4.39 Å². The maximum Gasteiger partial charge on any atom is 0.220 e. The maximum atomic E-state index is 12.9. The molecule has 1 atom stereocenters. The fourth-order valence-electron chi connectivity index (χ4n) is 1.69. The fraction of sp³-hybridized carbons (Fsp3) is 0.214. The van der Waals surface area contributed by atoms with Crippen LogP contribution in [0.1, 0.15) is 29.8 Å². The highest BCUT2D eigenvalue weighted by molar-refractivity contribution is 7.10. The molecule has 1 aromatic heterocycles. The quantitative estimate of drug-likeness (QED) is 0.898. The van der Waals surface area contributed by atoms with Gasteiger partial charge >= 0.3 is 0 Å². The zero-order chi connectivity index (χ0) is 13.0. The van der Waals surface area contributed by atoms with Crippen molar-refractivity contribution in [1.29, 1.82) is 0 Å². The Hall–Kier alpha value is -1.68. The molecule has 1 N–H and O–H groups in total. The second-order valence-electron chi connectivity index (χ2n) is 3.92. The van der Waals surface area contributed by atoms with Crippen molar-refractivity contribution >= 4 is 17.2 Å². The van der Waals surface area contributed by atoms with Gasteiger partial charge in [0.15, 0.2) is 0 Å². The van der Waals surface area contributed by atoms with Crippen LogP contribution in [-0.4, -0.2) is 5.91 Å². The third-order valence-electron chi connectivity index (χ3n) is 2.66. The average Bonchev–Trinajstić information content (AvgIpc) is 2.90. The Morgan fingerprint density at radius 2 is 2.06 bits per heavy atom. The molecule has 0 saturated carbocycles. The van der Waals surface area contributed by atoms with Crippen LogP contribution >= 0.6 is 11.3 Å². The lowest BCUT2D eigenvalue weighted by Gasteiger charge is -2.17. The normalized spacial score (nSPS) is 12.1. The first-order valence-corrected chi connectivity index (χ1v) is 6.67. The second-order valence-corrected chi connectivity index (χ2v) is 4.90. The van der Waals surface area contributed by atoms with Crippen molar-refractivity contribution in [3.63, 3.8) is 0 Å². The minimum absolute atomic E-state index is 0.0160.